The second-order valence-electron chi connectivity index (χ2n) is 16.0. The molecule has 11 rings (SSSR count). The maximum absolute atomic E-state index is 2.44. The van der Waals surface area contributed by atoms with E-state index >= 15 is 0 Å². The molecular formula is C62H43N. The van der Waals surface area contributed by atoms with Gasteiger partial charge in [-0.3, -0.25) is 0 Å². The van der Waals surface area contributed by atoms with Crippen LogP contribution in [0.1, 0.15) is 0 Å². The number of rotatable bonds is 9. The van der Waals surface area contributed by atoms with Crippen LogP contribution in [0.5, 0.6) is 0 Å². The average molecular weight is 802 g/mol. The van der Waals surface area contributed by atoms with E-state index in [0.29, 0.717) is 0 Å². The van der Waals surface area contributed by atoms with E-state index in [-0.39, 0.29) is 0 Å². The molecule has 0 saturated carbocycles. The van der Waals surface area contributed by atoms with E-state index < -0.39 is 0 Å². The van der Waals surface area contributed by atoms with Gasteiger partial charge >= 0.3 is 0 Å². The van der Waals surface area contributed by atoms with E-state index in [1.54, 1.807) is 0 Å². The molecule has 0 unspecified atom stereocenters. The molecule has 11 aromatic carbocycles. The third kappa shape index (κ3) is 7.26. The number of benzene rings is 11. The van der Waals surface area contributed by atoms with Gasteiger partial charge in [0.05, 0.1) is 5.69 Å². The molecule has 1 heteroatoms. The third-order valence-corrected chi connectivity index (χ3v) is 12.3. The lowest BCUT2D eigenvalue weighted by Gasteiger charge is -2.29. The van der Waals surface area contributed by atoms with Crippen molar-refractivity contribution < 1.29 is 0 Å². The molecule has 1 nitrogen and oxygen atoms in total. The Bertz CT molecular complexity index is 3370. The van der Waals surface area contributed by atoms with E-state index in [0.717, 1.165) is 28.2 Å². The summed E-state index contributed by atoms with van der Waals surface area (Å²) in [5, 5.41) is 4.96. The summed E-state index contributed by atoms with van der Waals surface area (Å²) in [5.41, 5.74) is 17.5. The van der Waals surface area contributed by atoms with Crippen LogP contribution < -0.4 is 4.90 Å². The van der Waals surface area contributed by atoms with Gasteiger partial charge in [0, 0.05) is 16.9 Å². The van der Waals surface area contributed by atoms with Gasteiger partial charge in [-0.05, 0) is 119 Å². The van der Waals surface area contributed by atoms with Crippen molar-refractivity contribution in [3.63, 3.8) is 0 Å². The Morgan fingerprint density at radius 2 is 0.667 bits per heavy atom. The number of hydrogen-bond acceptors (Lipinski definition) is 1. The highest BCUT2D eigenvalue weighted by Gasteiger charge is 2.22. The predicted octanol–water partition coefficient (Wildman–Crippen LogP) is 17.5. The third-order valence-electron chi connectivity index (χ3n) is 12.3. The second kappa shape index (κ2) is 16.7. The number of para-hydroxylation sites is 1. The Balaban J connectivity index is 1.14. The average Bonchev–Trinajstić information content (AvgIpc) is 3.37. The first-order chi connectivity index (χ1) is 31.3. The van der Waals surface area contributed by atoms with Crippen molar-refractivity contribution in [3.05, 3.63) is 261 Å². The molecule has 0 atom stereocenters. The van der Waals surface area contributed by atoms with Crippen LogP contribution in [0, 0.1) is 0 Å². The minimum Gasteiger partial charge on any atom is -0.310 e. The zero-order valence-corrected chi connectivity index (χ0v) is 34.8. The maximum atomic E-state index is 2.44. The molecular weight excluding hydrogens is 759 g/mol. The van der Waals surface area contributed by atoms with Crippen LogP contribution in [0.4, 0.5) is 17.1 Å². The molecule has 296 valence electrons. The van der Waals surface area contributed by atoms with Gasteiger partial charge in [-0.25, -0.2) is 0 Å². The Morgan fingerprint density at radius 1 is 0.206 bits per heavy atom. The minimum absolute atomic E-state index is 1.08. The molecule has 0 fully saturated rings. The van der Waals surface area contributed by atoms with Crippen LogP contribution in [-0.2, 0) is 0 Å². The van der Waals surface area contributed by atoms with Crippen LogP contribution >= 0.6 is 0 Å². The highest BCUT2D eigenvalue weighted by atomic mass is 15.1. The van der Waals surface area contributed by atoms with Crippen molar-refractivity contribution >= 4 is 38.6 Å². The molecule has 0 spiro atoms. The second-order valence-corrected chi connectivity index (χ2v) is 16.0. The number of nitrogens with zero attached hydrogens (tertiary/aromatic N) is 1. The van der Waals surface area contributed by atoms with Crippen molar-refractivity contribution in [3.8, 4) is 66.8 Å². The normalized spacial score (nSPS) is 11.2. The summed E-state index contributed by atoms with van der Waals surface area (Å²) in [6.07, 6.45) is 0. The van der Waals surface area contributed by atoms with E-state index in [4.69, 9.17) is 0 Å². The summed E-state index contributed by atoms with van der Waals surface area (Å²) >= 11 is 0. The van der Waals surface area contributed by atoms with Gasteiger partial charge in [0.25, 0.3) is 0 Å². The van der Waals surface area contributed by atoms with E-state index in [1.807, 2.05) is 0 Å². The monoisotopic (exact) mass is 801 g/mol. The van der Waals surface area contributed by atoms with Crippen molar-refractivity contribution in [2.75, 3.05) is 4.90 Å². The standard InChI is InChI=1S/C62H43N/c1-3-18-44(19-4-1)49-38-41-59(58-31-12-11-30-56(58)45-20-5-2-6-21-45)61(43-49)60-32-13-14-35-62(60)63(51-39-36-48(37-40-51)55-33-16-24-46-22-7-9-28-53(46)55)52-27-15-26-50(42-52)57-34-17-25-47-23-8-10-29-54(47)57/h1-43H. The summed E-state index contributed by atoms with van der Waals surface area (Å²) < 4.78 is 0. The first-order valence-corrected chi connectivity index (χ1v) is 21.7. The molecule has 0 aliphatic rings. The number of fused-ring (bicyclic) bond motifs is 2. The summed E-state index contributed by atoms with van der Waals surface area (Å²) in [5.74, 6) is 0. The van der Waals surface area contributed by atoms with E-state index in [2.05, 4.69) is 266 Å². The van der Waals surface area contributed by atoms with Crippen LogP contribution in [0.25, 0.3) is 88.3 Å². The van der Waals surface area contributed by atoms with Crippen LogP contribution in [0.15, 0.2) is 261 Å². The molecule has 0 N–H and O–H groups in total. The summed E-state index contributed by atoms with van der Waals surface area (Å²) in [6, 6.07) is 94.8. The predicted molar refractivity (Wildman–Crippen MR) is 269 cm³/mol. The molecule has 0 heterocycles. The molecule has 0 bridgehead atoms. The number of hydrogen-bond donors (Lipinski definition) is 0. The molecule has 0 radical (unpaired) electrons. The Hall–Kier alpha value is -8.26. The van der Waals surface area contributed by atoms with Gasteiger partial charge in [0.2, 0.25) is 0 Å². The Labute approximate surface area is 369 Å². The van der Waals surface area contributed by atoms with Crippen molar-refractivity contribution in [1.29, 1.82) is 0 Å². The summed E-state index contributed by atoms with van der Waals surface area (Å²) in [7, 11) is 0. The van der Waals surface area contributed by atoms with Gasteiger partial charge in [-0.15, -0.1) is 0 Å². The topological polar surface area (TPSA) is 3.24 Å². The first kappa shape index (κ1) is 37.7. The summed E-state index contributed by atoms with van der Waals surface area (Å²) in [6.45, 7) is 0. The lowest BCUT2D eigenvalue weighted by molar-refractivity contribution is 1.28. The molecule has 0 aliphatic heterocycles. The first-order valence-electron chi connectivity index (χ1n) is 21.7. The quantitative estimate of drug-likeness (QED) is 0.141. The van der Waals surface area contributed by atoms with Gasteiger partial charge in [0.15, 0.2) is 0 Å². The van der Waals surface area contributed by atoms with Crippen LogP contribution in [0.3, 0.4) is 0 Å². The molecule has 0 aromatic heterocycles. The van der Waals surface area contributed by atoms with E-state index in [1.165, 1.54) is 77.2 Å². The van der Waals surface area contributed by atoms with Crippen LogP contribution in [-0.4, -0.2) is 0 Å². The SMILES string of the molecule is c1ccc(-c2ccc(-c3ccccc3-c3ccccc3)c(-c3ccccc3N(c3ccc(-c4cccc5ccccc45)cc3)c3cccc(-c4cccc5ccccc45)c3)c2)cc1. The van der Waals surface area contributed by atoms with Crippen molar-refractivity contribution in [1.82, 2.24) is 0 Å². The zero-order valence-electron chi connectivity index (χ0n) is 34.8. The fourth-order valence-electron chi connectivity index (χ4n) is 9.28. The molecule has 0 amide bonds. The Morgan fingerprint density at radius 3 is 1.37 bits per heavy atom. The van der Waals surface area contributed by atoms with Crippen LogP contribution in [0.2, 0.25) is 0 Å². The van der Waals surface area contributed by atoms with Crippen molar-refractivity contribution in [2.45, 2.75) is 0 Å². The smallest absolute Gasteiger partial charge is 0.0540 e. The minimum atomic E-state index is 1.08. The lowest BCUT2D eigenvalue weighted by atomic mass is 9.86. The molecule has 11 aromatic rings. The Kier molecular flexibility index (Phi) is 9.97. The molecule has 0 aliphatic carbocycles. The van der Waals surface area contributed by atoms with Gasteiger partial charge in [-0.1, -0.05) is 224 Å². The van der Waals surface area contributed by atoms with Crippen molar-refractivity contribution in [2.24, 2.45) is 0 Å². The highest BCUT2D eigenvalue weighted by Crippen LogP contribution is 2.47. The van der Waals surface area contributed by atoms with E-state index in [9.17, 15) is 0 Å². The lowest BCUT2D eigenvalue weighted by Crippen LogP contribution is -2.11. The van der Waals surface area contributed by atoms with Gasteiger partial charge < -0.3 is 4.90 Å². The summed E-state index contributed by atoms with van der Waals surface area (Å²) in [4.78, 5) is 2.44. The number of anilines is 3. The zero-order chi connectivity index (χ0) is 42.0. The molecule has 0 saturated heterocycles. The fraction of sp³-hybridized carbons (Fsp3) is 0. The largest absolute Gasteiger partial charge is 0.310 e. The van der Waals surface area contributed by atoms with Gasteiger partial charge in [0.1, 0.15) is 0 Å². The van der Waals surface area contributed by atoms with Gasteiger partial charge in [-0.2, -0.15) is 0 Å². The fourth-order valence-corrected chi connectivity index (χ4v) is 9.28. The highest BCUT2D eigenvalue weighted by molar-refractivity contribution is 6.01. The maximum Gasteiger partial charge on any atom is 0.0540 e. The molecule has 63 heavy (non-hydrogen) atoms.